The summed E-state index contributed by atoms with van der Waals surface area (Å²) in [5.74, 6) is 0. The SMILES string of the molecule is CCCCCCCCCCCCCCCCCCCCC1Nc2cc(S(=O)(=O)[O-])ccc2N1Cc1ccccc1.[K+]. The van der Waals surface area contributed by atoms with E-state index >= 15 is 0 Å². The summed E-state index contributed by atoms with van der Waals surface area (Å²) in [6.45, 7) is 3.03. The molecular formula is C34H53KN2O3S. The Labute approximate surface area is 293 Å². The van der Waals surface area contributed by atoms with Gasteiger partial charge in [-0.1, -0.05) is 146 Å². The summed E-state index contributed by atoms with van der Waals surface area (Å²) in [6.07, 6.45) is 25.7. The second-order valence-corrected chi connectivity index (χ2v) is 13.1. The normalized spacial score (nSPS) is 14.5. The van der Waals surface area contributed by atoms with E-state index in [9.17, 15) is 13.0 Å². The van der Waals surface area contributed by atoms with Crippen molar-refractivity contribution in [3.05, 3.63) is 54.1 Å². The summed E-state index contributed by atoms with van der Waals surface area (Å²) in [6, 6.07) is 15.0. The van der Waals surface area contributed by atoms with Gasteiger partial charge in [-0.05, 0) is 36.6 Å². The Hall–Kier alpha value is -0.414. The van der Waals surface area contributed by atoms with Gasteiger partial charge in [-0.15, -0.1) is 0 Å². The summed E-state index contributed by atoms with van der Waals surface area (Å²) < 4.78 is 34.6. The average molecular weight is 609 g/mol. The van der Waals surface area contributed by atoms with E-state index in [1.54, 1.807) is 6.07 Å². The van der Waals surface area contributed by atoms with Crippen LogP contribution in [0.4, 0.5) is 11.4 Å². The molecule has 2 aromatic carbocycles. The first-order valence-electron chi connectivity index (χ1n) is 16.2. The van der Waals surface area contributed by atoms with Crippen LogP contribution in [0.15, 0.2) is 53.4 Å². The molecular weight excluding hydrogens is 556 g/mol. The minimum Gasteiger partial charge on any atom is -0.744 e. The van der Waals surface area contributed by atoms with Crippen LogP contribution in [-0.2, 0) is 16.7 Å². The van der Waals surface area contributed by atoms with Crippen LogP contribution in [0.3, 0.4) is 0 Å². The van der Waals surface area contributed by atoms with Crippen molar-refractivity contribution in [2.75, 3.05) is 10.2 Å². The molecule has 0 fully saturated rings. The van der Waals surface area contributed by atoms with Gasteiger partial charge in [0.2, 0.25) is 0 Å². The number of anilines is 2. The molecule has 41 heavy (non-hydrogen) atoms. The second-order valence-electron chi connectivity index (χ2n) is 11.7. The zero-order valence-corrected chi connectivity index (χ0v) is 29.9. The topological polar surface area (TPSA) is 72.5 Å². The standard InChI is InChI=1S/C34H54N2O3S.K/c1-2-3-4-5-6-7-8-9-10-11-12-13-14-15-16-17-18-22-25-34-35-32-28-31(40(37,38)39)26-27-33(32)36(34)29-30-23-20-19-21-24-30;/h19-21,23-24,26-28,34-35H,2-18,22,25,29H2,1H3,(H,37,38,39);/q;+1/p-1. The van der Waals surface area contributed by atoms with Crippen molar-refractivity contribution in [1.82, 2.24) is 0 Å². The third-order valence-electron chi connectivity index (χ3n) is 8.29. The first-order valence-corrected chi connectivity index (χ1v) is 17.6. The monoisotopic (exact) mass is 608 g/mol. The number of hydrogen-bond donors (Lipinski definition) is 1. The van der Waals surface area contributed by atoms with E-state index in [2.05, 4.69) is 29.3 Å². The summed E-state index contributed by atoms with van der Waals surface area (Å²) in [5, 5.41) is 3.50. The molecule has 1 aliphatic rings. The number of unbranched alkanes of at least 4 members (excludes halogenated alkanes) is 17. The van der Waals surface area contributed by atoms with Gasteiger partial charge in [0.25, 0.3) is 0 Å². The van der Waals surface area contributed by atoms with Crippen LogP contribution in [0, 0.1) is 0 Å². The van der Waals surface area contributed by atoms with Crippen molar-refractivity contribution < 1.29 is 64.4 Å². The Morgan fingerprint density at radius 3 is 1.68 bits per heavy atom. The van der Waals surface area contributed by atoms with E-state index in [0.717, 1.165) is 30.8 Å². The fraction of sp³-hybridized carbons (Fsp3) is 0.647. The quantitative estimate of drug-likeness (QED) is 0.0906. The van der Waals surface area contributed by atoms with E-state index in [1.165, 1.54) is 127 Å². The third-order valence-corrected chi connectivity index (χ3v) is 9.12. The van der Waals surface area contributed by atoms with Crippen molar-refractivity contribution in [3.63, 3.8) is 0 Å². The second kappa shape index (κ2) is 21.3. The first kappa shape index (κ1) is 36.8. The van der Waals surface area contributed by atoms with Gasteiger partial charge in [0.1, 0.15) is 10.1 Å². The molecule has 0 saturated heterocycles. The minimum atomic E-state index is -4.47. The maximum absolute atomic E-state index is 11.5. The van der Waals surface area contributed by atoms with Gasteiger partial charge < -0.3 is 14.8 Å². The molecule has 0 radical (unpaired) electrons. The fourth-order valence-corrected chi connectivity index (χ4v) is 6.40. The fourth-order valence-electron chi connectivity index (χ4n) is 5.90. The zero-order valence-electron chi connectivity index (χ0n) is 25.9. The molecule has 0 aliphatic carbocycles. The molecule has 5 nitrogen and oxygen atoms in total. The van der Waals surface area contributed by atoms with Crippen LogP contribution in [0.2, 0.25) is 0 Å². The van der Waals surface area contributed by atoms with Crippen molar-refractivity contribution >= 4 is 21.5 Å². The van der Waals surface area contributed by atoms with Gasteiger partial charge >= 0.3 is 51.4 Å². The predicted molar refractivity (Wildman–Crippen MR) is 168 cm³/mol. The van der Waals surface area contributed by atoms with E-state index in [1.807, 2.05) is 18.2 Å². The molecule has 224 valence electrons. The molecule has 3 rings (SSSR count). The number of fused-ring (bicyclic) bond motifs is 1. The van der Waals surface area contributed by atoms with Crippen LogP contribution in [0.1, 0.15) is 134 Å². The Morgan fingerprint density at radius 1 is 0.707 bits per heavy atom. The zero-order chi connectivity index (χ0) is 28.5. The number of nitrogens with one attached hydrogen (secondary N) is 1. The molecule has 1 heterocycles. The molecule has 1 N–H and O–H groups in total. The summed E-state index contributed by atoms with van der Waals surface area (Å²) in [7, 11) is -4.47. The van der Waals surface area contributed by atoms with E-state index in [-0.39, 0.29) is 62.4 Å². The van der Waals surface area contributed by atoms with Gasteiger partial charge in [-0.2, -0.15) is 0 Å². The first-order chi connectivity index (χ1) is 19.5. The molecule has 0 saturated carbocycles. The maximum atomic E-state index is 11.5. The van der Waals surface area contributed by atoms with Gasteiger partial charge in [-0.3, -0.25) is 0 Å². The van der Waals surface area contributed by atoms with Gasteiger partial charge in [0, 0.05) is 6.54 Å². The number of rotatable bonds is 22. The summed E-state index contributed by atoms with van der Waals surface area (Å²) >= 11 is 0. The average Bonchev–Trinajstić information content (AvgIpc) is 3.28. The molecule has 0 spiro atoms. The van der Waals surface area contributed by atoms with Crippen LogP contribution < -0.4 is 61.6 Å². The largest absolute Gasteiger partial charge is 1.00 e. The molecule has 0 bridgehead atoms. The number of nitrogens with zero attached hydrogens (tertiary/aromatic N) is 1. The summed E-state index contributed by atoms with van der Waals surface area (Å²) in [5.41, 5.74) is 2.91. The molecule has 1 atom stereocenters. The van der Waals surface area contributed by atoms with Gasteiger partial charge in [0.05, 0.1) is 22.4 Å². The third kappa shape index (κ3) is 14.3. The molecule has 1 unspecified atom stereocenters. The predicted octanol–water partition coefficient (Wildman–Crippen LogP) is 6.78. The van der Waals surface area contributed by atoms with Gasteiger partial charge in [-0.25, -0.2) is 8.42 Å². The Kier molecular flexibility index (Phi) is 19.1. The van der Waals surface area contributed by atoms with Crippen molar-refractivity contribution in [3.8, 4) is 0 Å². The van der Waals surface area contributed by atoms with Crippen LogP contribution in [0.5, 0.6) is 0 Å². The van der Waals surface area contributed by atoms with Crippen LogP contribution in [-0.4, -0.2) is 19.1 Å². The Bertz CT molecular complexity index is 1060. The maximum Gasteiger partial charge on any atom is 1.00 e. The Balaban J connectivity index is 0.00000588. The van der Waals surface area contributed by atoms with E-state index in [4.69, 9.17) is 0 Å². The van der Waals surface area contributed by atoms with E-state index in [0.29, 0.717) is 0 Å². The van der Waals surface area contributed by atoms with Crippen LogP contribution >= 0.6 is 0 Å². The van der Waals surface area contributed by atoms with Gasteiger partial charge in [0.15, 0.2) is 0 Å². The van der Waals surface area contributed by atoms with Crippen LogP contribution in [0.25, 0.3) is 0 Å². The van der Waals surface area contributed by atoms with Crippen molar-refractivity contribution in [2.45, 2.75) is 147 Å². The molecule has 7 heteroatoms. The number of benzene rings is 2. The minimum absolute atomic E-state index is 0. The Morgan fingerprint density at radius 2 is 1.20 bits per heavy atom. The van der Waals surface area contributed by atoms with Crippen molar-refractivity contribution in [2.24, 2.45) is 0 Å². The van der Waals surface area contributed by atoms with E-state index < -0.39 is 10.1 Å². The smallest absolute Gasteiger partial charge is 0.744 e. The van der Waals surface area contributed by atoms with Crippen molar-refractivity contribution in [1.29, 1.82) is 0 Å². The molecule has 0 aromatic heterocycles. The molecule has 2 aromatic rings. The number of hydrogen-bond acceptors (Lipinski definition) is 5. The molecule has 1 aliphatic heterocycles. The summed E-state index contributed by atoms with van der Waals surface area (Å²) in [4.78, 5) is 2.13. The molecule has 0 amide bonds.